The zero-order valence-corrected chi connectivity index (χ0v) is 20.1. The lowest BCUT2D eigenvalue weighted by atomic mass is 9.94. The van der Waals surface area contributed by atoms with Gasteiger partial charge < -0.3 is 9.84 Å². The molecule has 1 aliphatic rings. The number of amides is 1. The second kappa shape index (κ2) is 9.23. The largest absolute Gasteiger partial charge is 0.507 e. The van der Waals surface area contributed by atoms with Crippen molar-refractivity contribution in [3.63, 3.8) is 0 Å². The van der Waals surface area contributed by atoms with Crippen LogP contribution in [0.15, 0.2) is 54.1 Å². The van der Waals surface area contributed by atoms with Crippen LogP contribution in [0.1, 0.15) is 51.9 Å². The minimum absolute atomic E-state index is 0.0309. The first-order valence-corrected chi connectivity index (χ1v) is 11.6. The highest BCUT2D eigenvalue weighted by Crippen LogP contribution is 2.44. The van der Waals surface area contributed by atoms with Gasteiger partial charge in [0, 0.05) is 12.5 Å². The average molecular weight is 477 g/mol. The predicted molar refractivity (Wildman–Crippen MR) is 130 cm³/mol. The molecule has 0 radical (unpaired) electrons. The first-order valence-electron chi connectivity index (χ1n) is 10.8. The molecule has 0 spiro atoms. The number of anilines is 1. The van der Waals surface area contributed by atoms with Gasteiger partial charge in [-0.2, -0.15) is 0 Å². The van der Waals surface area contributed by atoms with Gasteiger partial charge in [0.05, 0.1) is 29.3 Å². The molecule has 3 aromatic rings. The SMILES string of the molecule is CCc1ccc([C@@H]2C(=C(O)c3ccc(OC)cc3)C(=O)C(=O)N2c2nc(C)c(C(C)=O)s2)cc1. The summed E-state index contributed by atoms with van der Waals surface area (Å²) in [6.45, 7) is 5.16. The van der Waals surface area contributed by atoms with Crippen molar-refractivity contribution in [3.8, 4) is 5.75 Å². The molecule has 0 unspecified atom stereocenters. The number of ketones is 2. The number of methoxy groups -OCH3 is 1. The van der Waals surface area contributed by atoms with E-state index in [1.807, 2.05) is 31.2 Å². The third-order valence-electron chi connectivity index (χ3n) is 5.82. The number of ether oxygens (including phenoxy) is 1. The standard InChI is InChI=1S/C26H24N2O5S/c1-5-16-6-8-17(9-7-16)21-20(22(30)18-10-12-19(33-4)13-11-18)23(31)25(32)28(21)26-27-14(2)24(34-26)15(3)29/h6-13,21,30H,5H2,1-4H3/t21-/m1/s1. The van der Waals surface area contributed by atoms with Crippen LogP contribution < -0.4 is 9.64 Å². The second-order valence-corrected chi connectivity index (χ2v) is 8.94. The molecular formula is C26H24N2O5S. The van der Waals surface area contributed by atoms with Crippen molar-refractivity contribution in [3.05, 3.63) is 81.4 Å². The molecule has 0 bridgehead atoms. The van der Waals surface area contributed by atoms with E-state index < -0.39 is 17.7 Å². The zero-order chi connectivity index (χ0) is 24.6. The number of nitrogens with zero attached hydrogens (tertiary/aromatic N) is 2. The Morgan fingerprint density at radius 3 is 2.29 bits per heavy atom. The molecule has 0 saturated carbocycles. The van der Waals surface area contributed by atoms with E-state index in [1.165, 1.54) is 18.9 Å². The highest BCUT2D eigenvalue weighted by molar-refractivity contribution is 7.18. The van der Waals surface area contributed by atoms with Gasteiger partial charge >= 0.3 is 5.91 Å². The van der Waals surface area contributed by atoms with E-state index in [0.29, 0.717) is 27.4 Å². The number of thiazole rings is 1. The number of aliphatic hydroxyl groups is 1. The van der Waals surface area contributed by atoms with E-state index in [4.69, 9.17) is 4.74 Å². The van der Waals surface area contributed by atoms with Crippen LogP contribution in [0, 0.1) is 6.92 Å². The highest BCUT2D eigenvalue weighted by Gasteiger charge is 2.48. The predicted octanol–water partition coefficient (Wildman–Crippen LogP) is 4.85. The van der Waals surface area contributed by atoms with E-state index in [1.54, 1.807) is 31.2 Å². The Bertz CT molecular complexity index is 1310. The van der Waals surface area contributed by atoms with Crippen LogP contribution in [0.3, 0.4) is 0 Å². The van der Waals surface area contributed by atoms with Gasteiger partial charge in [0.2, 0.25) is 0 Å². The summed E-state index contributed by atoms with van der Waals surface area (Å²) in [7, 11) is 1.53. The lowest BCUT2D eigenvalue weighted by Gasteiger charge is -2.23. The first-order chi connectivity index (χ1) is 16.3. The van der Waals surface area contributed by atoms with Gasteiger partial charge in [-0.25, -0.2) is 4.98 Å². The average Bonchev–Trinajstić information content (AvgIpc) is 3.35. The smallest absolute Gasteiger partial charge is 0.301 e. The number of carbonyl (C=O) groups is 3. The molecule has 8 heteroatoms. The fourth-order valence-electron chi connectivity index (χ4n) is 4.00. The molecule has 2 heterocycles. The maximum absolute atomic E-state index is 13.2. The molecule has 4 rings (SSSR count). The fraction of sp³-hybridized carbons (Fsp3) is 0.231. The van der Waals surface area contributed by atoms with E-state index in [0.717, 1.165) is 23.3 Å². The fourth-order valence-corrected chi connectivity index (χ4v) is 4.99. The summed E-state index contributed by atoms with van der Waals surface area (Å²) in [5, 5.41) is 11.4. The van der Waals surface area contributed by atoms with Gasteiger partial charge in [0.15, 0.2) is 10.9 Å². The van der Waals surface area contributed by atoms with Gasteiger partial charge in [-0.05, 0) is 48.7 Å². The summed E-state index contributed by atoms with van der Waals surface area (Å²) < 4.78 is 5.17. The number of carbonyl (C=O) groups excluding carboxylic acids is 3. The van der Waals surface area contributed by atoms with Gasteiger partial charge in [0.25, 0.3) is 5.78 Å². The number of aryl methyl sites for hydroxylation is 2. The Morgan fingerprint density at radius 2 is 1.76 bits per heavy atom. The van der Waals surface area contributed by atoms with Crippen molar-refractivity contribution in [2.45, 2.75) is 33.2 Å². The van der Waals surface area contributed by atoms with E-state index in [9.17, 15) is 19.5 Å². The molecule has 2 aromatic carbocycles. The summed E-state index contributed by atoms with van der Waals surface area (Å²) in [5.74, 6) is -1.47. The van der Waals surface area contributed by atoms with Gasteiger partial charge in [-0.3, -0.25) is 19.3 Å². The Labute approximate surface area is 201 Å². The molecule has 174 valence electrons. The number of hydrogen-bond acceptors (Lipinski definition) is 7. The molecule has 34 heavy (non-hydrogen) atoms. The van der Waals surface area contributed by atoms with E-state index in [-0.39, 0.29) is 22.2 Å². The molecule has 1 aliphatic heterocycles. The summed E-state index contributed by atoms with van der Waals surface area (Å²) in [6.07, 6.45) is 0.833. The first kappa shape index (κ1) is 23.4. The molecule has 1 amide bonds. The van der Waals surface area contributed by atoms with Crippen molar-refractivity contribution in [1.82, 2.24) is 4.98 Å². The number of rotatable bonds is 6. The number of aliphatic hydroxyl groups excluding tert-OH is 1. The molecular weight excluding hydrogens is 452 g/mol. The van der Waals surface area contributed by atoms with Gasteiger partial charge in [-0.15, -0.1) is 0 Å². The van der Waals surface area contributed by atoms with Gasteiger partial charge in [0.1, 0.15) is 11.5 Å². The molecule has 1 atom stereocenters. The van der Waals surface area contributed by atoms with Crippen molar-refractivity contribution in [1.29, 1.82) is 0 Å². The minimum atomic E-state index is -0.890. The third kappa shape index (κ3) is 4.01. The highest BCUT2D eigenvalue weighted by atomic mass is 32.1. The van der Waals surface area contributed by atoms with E-state index in [2.05, 4.69) is 4.98 Å². The second-order valence-electron chi connectivity index (χ2n) is 7.96. The molecule has 0 aliphatic carbocycles. The van der Waals surface area contributed by atoms with Crippen LogP contribution in [0.4, 0.5) is 5.13 Å². The minimum Gasteiger partial charge on any atom is -0.507 e. The number of hydrogen-bond donors (Lipinski definition) is 1. The van der Waals surface area contributed by atoms with Crippen LogP contribution >= 0.6 is 11.3 Å². The van der Waals surface area contributed by atoms with E-state index >= 15 is 0 Å². The van der Waals surface area contributed by atoms with Crippen molar-refractivity contribution in [2.75, 3.05) is 12.0 Å². The Hall–Kier alpha value is -3.78. The van der Waals surface area contributed by atoms with Crippen LogP contribution in [0.25, 0.3) is 5.76 Å². The van der Waals surface area contributed by atoms with Crippen LogP contribution in [-0.4, -0.2) is 34.7 Å². The van der Waals surface area contributed by atoms with Crippen molar-refractivity contribution in [2.24, 2.45) is 0 Å². The van der Waals surface area contributed by atoms with Crippen molar-refractivity contribution >= 4 is 39.7 Å². The van der Waals surface area contributed by atoms with Gasteiger partial charge in [-0.1, -0.05) is 42.5 Å². The molecule has 1 saturated heterocycles. The molecule has 7 nitrogen and oxygen atoms in total. The quantitative estimate of drug-likeness (QED) is 0.236. The number of Topliss-reactive ketones (excluding diaryl/α,β-unsaturated/α-hetero) is 2. The zero-order valence-electron chi connectivity index (χ0n) is 19.3. The lowest BCUT2D eigenvalue weighted by molar-refractivity contribution is -0.132. The molecule has 1 aromatic heterocycles. The third-order valence-corrected chi connectivity index (χ3v) is 7.08. The molecule has 1 fully saturated rings. The van der Waals surface area contributed by atoms with Crippen LogP contribution in [0.2, 0.25) is 0 Å². The lowest BCUT2D eigenvalue weighted by Crippen LogP contribution is -2.29. The maximum atomic E-state index is 13.2. The summed E-state index contributed by atoms with van der Waals surface area (Å²) >= 11 is 1.06. The molecule has 1 N–H and O–H groups in total. The topological polar surface area (TPSA) is 96.8 Å². The van der Waals surface area contributed by atoms with Crippen molar-refractivity contribution < 1.29 is 24.2 Å². The monoisotopic (exact) mass is 476 g/mol. The number of aromatic nitrogens is 1. The van der Waals surface area contributed by atoms with Crippen LogP contribution in [0.5, 0.6) is 5.75 Å². The maximum Gasteiger partial charge on any atom is 0.301 e. The summed E-state index contributed by atoms with van der Waals surface area (Å²) in [6, 6.07) is 13.2. The van der Waals surface area contributed by atoms with Crippen LogP contribution in [-0.2, 0) is 16.0 Å². The Morgan fingerprint density at radius 1 is 1.12 bits per heavy atom. The summed E-state index contributed by atoms with van der Waals surface area (Å²) in [4.78, 5) is 44.6. The number of benzene rings is 2. The Kier molecular flexibility index (Phi) is 6.34. The summed E-state index contributed by atoms with van der Waals surface area (Å²) in [5.41, 5.74) is 2.60. The Balaban J connectivity index is 1.92. The normalized spacial score (nSPS) is 17.3.